The first-order valence-electron chi connectivity index (χ1n) is 8.10. The highest BCUT2D eigenvalue weighted by molar-refractivity contribution is 9.10. The van der Waals surface area contributed by atoms with Crippen molar-refractivity contribution in [2.24, 2.45) is 0 Å². The normalized spacial score (nSPS) is 18.1. The predicted molar refractivity (Wildman–Crippen MR) is 93.0 cm³/mol. The van der Waals surface area contributed by atoms with Crippen molar-refractivity contribution in [3.63, 3.8) is 0 Å². The predicted octanol–water partition coefficient (Wildman–Crippen LogP) is 3.95. The van der Waals surface area contributed by atoms with E-state index in [1.807, 2.05) is 0 Å². The van der Waals surface area contributed by atoms with Crippen LogP contribution in [0.1, 0.15) is 38.7 Å². The van der Waals surface area contributed by atoms with E-state index in [1.54, 1.807) is 0 Å². The zero-order valence-electron chi connectivity index (χ0n) is 13.2. The average molecular weight is 355 g/mol. The van der Waals surface area contributed by atoms with Crippen molar-refractivity contribution in [3.05, 3.63) is 28.2 Å². The zero-order valence-corrected chi connectivity index (χ0v) is 14.8. The Kier molecular flexibility index (Phi) is 7.00. The maximum absolute atomic E-state index is 5.77. The molecule has 0 spiro atoms. The Balaban J connectivity index is 1.99. The molecule has 1 aromatic rings. The molecule has 1 aliphatic heterocycles. The molecule has 0 radical (unpaired) electrons. The van der Waals surface area contributed by atoms with Gasteiger partial charge in [0.15, 0.2) is 0 Å². The van der Waals surface area contributed by atoms with Crippen molar-refractivity contribution in [3.8, 4) is 0 Å². The van der Waals surface area contributed by atoms with Gasteiger partial charge in [-0.3, -0.25) is 0 Å². The van der Waals surface area contributed by atoms with Crippen molar-refractivity contribution in [2.75, 3.05) is 31.1 Å². The Morgan fingerprint density at radius 2 is 2.24 bits per heavy atom. The van der Waals surface area contributed by atoms with Gasteiger partial charge in [-0.1, -0.05) is 13.0 Å². The molecular formula is C17H27BrN2O. The topological polar surface area (TPSA) is 24.5 Å². The number of rotatable bonds is 8. The van der Waals surface area contributed by atoms with E-state index in [0.717, 1.165) is 32.8 Å². The standard InChI is InChI=1S/C17H27BrN2O/c1-3-9-19-12-14-7-8-17(16(18)11-14)20(4-2)13-15-6-5-10-21-15/h7-8,11,15,19H,3-6,9-10,12-13H2,1-2H3. The number of nitrogens with one attached hydrogen (secondary N) is 1. The Morgan fingerprint density at radius 3 is 2.86 bits per heavy atom. The molecule has 1 N–H and O–H groups in total. The molecule has 1 atom stereocenters. The van der Waals surface area contributed by atoms with E-state index in [1.165, 1.54) is 35.0 Å². The van der Waals surface area contributed by atoms with E-state index in [-0.39, 0.29) is 0 Å². The van der Waals surface area contributed by atoms with E-state index in [2.05, 4.69) is 58.2 Å². The highest BCUT2D eigenvalue weighted by atomic mass is 79.9. The number of anilines is 1. The number of hydrogen-bond acceptors (Lipinski definition) is 3. The third-order valence-corrected chi connectivity index (χ3v) is 4.57. The molecule has 0 saturated carbocycles. The van der Waals surface area contributed by atoms with Gasteiger partial charge in [0.25, 0.3) is 0 Å². The lowest BCUT2D eigenvalue weighted by atomic mass is 10.1. The second kappa shape index (κ2) is 8.76. The van der Waals surface area contributed by atoms with Crippen LogP contribution in [0.4, 0.5) is 5.69 Å². The second-order valence-electron chi connectivity index (χ2n) is 5.64. The zero-order chi connectivity index (χ0) is 15.1. The molecule has 21 heavy (non-hydrogen) atoms. The van der Waals surface area contributed by atoms with Gasteiger partial charge < -0.3 is 15.0 Å². The van der Waals surface area contributed by atoms with E-state index in [0.29, 0.717) is 6.10 Å². The van der Waals surface area contributed by atoms with Gasteiger partial charge in [-0.2, -0.15) is 0 Å². The van der Waals surface area contributed by atoms with E-state index < -0.39 is 0 Å². The summed E-state index contributed by atoms with van der Waals surface area (Å²) in [7, 11) is 0. The Hall–Kier alpha value is -0.580. The quantitative estimate of drug-likeness (QED) is 0.715. The minimum Gasteiger partial charge on any atom is -0.376 e. The van der Waals surface area contributed by atoms with Crippen LogP contribution in [-0.4, -0.2) is 32.3 Å². The van der Waals surface area contributed by atoms with Crippen LogP contribution in [0.5, 0.6) is 0 Å². The molecule has 1 unspecified atom stereocenters. The fourth-order valence-corrected chi connectivity index (χ4v) is 3.44. The molecule has 1 fully saturated rings. The molecular weight excluding hydrogens is 328 g/mol. The van der Waals surface area contributed by atoms with Gasteiger partial charge in [0.05, 0.1) is 11.8 Å². The van der Waals surface area contributed by atoms with Gasteiger partial charge in [-0.05, 0) is 66.4 Å². The second-order valence-corrected chi connectivity index (χ2v) is 6.49. The summed E-state index contributed by atoms with van der Waals surface area (Å²) in [6.07, 6.45) is 3.95. The lowest BCUT2D eigenvalue weighted by Crippen LogP contribution is -2.32. The lowest BCUT2D eigenvalue weighted by molar-refractivity contribution is 0.115. The molecule has 0 bridgehead atoms. The smallest absolute Gasteiger partial charge is 0.0750 e. The average Bonchev–Trinajstić information content (AvgIpc) is 2.99. The van der Waals surface area contributed by atoms with Crippen LogP contribution in [0.15, 0.2) is 22.7 Å². The summed E-state index contributed by atoms with van der Waals surface area (Å²) in [5, 5.41) is 3.45. The molecule has 4 heteroatoms. The molecule has 1 heterocycles. The molecule has 1 saturated heterocycles. The van der Waals surface area contributed by atoms with Crippen molar-refractivity contribution >= 4 is 21.6 Å². The summed E-state index contributed by atoms with van der Waals surface area (Å²) in [6.45, 7) is 9.32. The first-order valence-corrected chi connectivity index (χ1v) is 8.89. The van der Waals surface area contributed by atoms with Crippen LogP contribution in [0.2, 0.25) is 0 Å². The molecule has 1 aromatic carbocycles. The monoisotopic (exact) mass is 354 g/mol. The molecule has 118 valence electrons. The van der Waals surface area contributed by atoms with Gasteiger partial charge in [-0.25, -0.2) is 0 Å². The van der Waals surface area contributed by atoms with Gasteiger partial charge in [0.1, 0.15) is 0 Å². The number of benzene rings is 1. The molecule has 0 aromatic heterocycles. The van der Waals surface area contributed by atoms with Crippen molar-refractivity contribution in [1.82, 2.24) is 5.32 Å². The largest absolute Gasteiger partial charge is 0.376 e. The fourth-order valence-electron chi connectivity index (χ4n) is 2.76. The van der Waals surface area contributed by atoms with Crippen LogP contribution >= 0.6 is 15.9 Å². The van der Waals surface area contributed by atoms with Gasteiger partial charge in [0.2, 0.25) is 0 Å². The van der Waals surface area contributed by atoms with Crippen LogP contribution < -0.4 is 10.2 Å². The van der Waals surface area contributed by atoms with Crippen LogP contribution in [-0.2, 0) is 11.3 Å². The van der Waals surface area contributed by atoms with E-state index >= 15 is 0 Å². The summed E-state index contributed by atoms with van der Waals surface area (Å²) in [5.74, 6) is 0. The Bertz CT molecular complexity index is 433. The summed E-state index contributed by atoms with van der Waals surface area (Å²) in [5.41, 5.74) is 2.60. The van der Waals surface area contributed by atoms with Crippen molar-refractivity contribution in [1.29, 1.82) is 0 Å². The number of halogens is 1. The summed E-state index contributed by atoms with van der Waals surface area (Å²) >= 11 is 3.74. The summed E-state index contributed by atoms with van der Waals surface area (Å²) in [4.78, 5) is 2.41. The third kappa shape index (κ3) is 4.97. The van der Waals surface area contributed by atoms with Gasteiger partial charge in [-0.15, -0.1) is 0 Å². The Labute approximate surface area is 137 Å². The fraction of sp³-hybridized carbons (Fsp3) is 0.647. The van der Waals surface area contributed by atoms with E-state index in [9.17, 15) is 0 Å². The maximum atomic E-state index is 5.77. The van der Waals surface area contributed by atoms with Crippen molar-refractivity contribution in [2.45, 2.75) is 45.8 Å². The lowest BCUT2D eigenvalue weighted by Gasteiger charge is -2.27. The summed E-state index contributed by atoms with van der Waals surface area (Å²) in [6, 6.07) is 6.68. The minimum absolute atomic E-state index is 0.391. The van der Waals surface area contributed by atoms with Gasteiger partial charge >= 0.3 is 0 Å². The van der Waals surface area contributed by atoms with Crippen LogP contribution in [0.25, 0.3) is 0 Å². The molecule has 3 nitrogen and oxygen atoms in total. The SMILES string of the molecule is CCCNCc1ccc(N(CC)CC2CCCO2)c(Br)c1. The molecule has 2 rings (SSSR count). The Morgan fingerprint density at radius 1 is 1.38 bits per heavy atom. The van der Waals surface area contributed by atoms with Crippen LogP contribution in [0, 0.1) is 0 Å². The minimum atomic E-state index is 0.391. The highest BCUT2D eigenvalue weighted by Crippen LogP contribution is 2.28. The van der Waals surface area contributed by atoms with Crippen molar-refractivity contribution < 1.29 is 4.74 Å². The van der Waals surface area contributed by atoms with Gasteiger partial charge in [0, 0.05) is 30.7 Å². The molecule has 0 aliphatic carbocycles. The summed E-state index contributed by atoms with van der Waals surface area (Å²) < 4.78 is 6.95. The first-order chi connectivity index (χ1) is 10.2. The number of hydrogen-bond donors (Lipinski definition) is 1. The molecule has 0 amide bonds. The maximum Gasteiger partial charge on any atom is 0.0750 e. The molecule has 1 aliphatic rings. The highest BCUT2D eigenvalue weighted by Gasteiger charge is 2.19. The number of ether oxygens (including phenoxy) is 1. The van der Waals surface area contributed by atoms with E-state index in [4.69, 9.17) is 4.74 Å². The first kappa shape index (κ1) is 16.8. The van der Waals surface area contributed by atoms with Crippen LogP contribution in [0.3, 0.4) is 0 Å². The number of likely N-dealkylation sites (N-methyl/N-ethyl adjacent to an activating group) is 1. The number of nitrogens with zero attached hydrogens (tertiary/aromatic N) is 1. The third-order valence-electron chi connectivity index (χ3n) is 3.94.